The number of fused-ring (bicyclic) bond motifs is 1. The fourth-order valence-corrected chi connectivity index (χ4v) is 3.21. The molecule has 0 fully saturated rings. The van der Waals surface area contributed by atoms with Crippen LogP contribution in [0.5, 0.6) is 0 Å². The fraction of sp³-hybridized carbons (Fsp3) is 0.455. The molecule has 0 aromatic carbocycles. The first-order chi connectivity index (χ1) is 7.65. The molecule has 0 bridgehead atoms. The Balaban J connectivity index is 2.60. The van der Waals surface area contributed by atoms with E-state index in [2.05, 4.69) is 51.7 Å². The molecular formula is C11H14BrN3S. The molecule has 2 aromatic rings. The van der Waals surface area contributed by atoms with Crippen LogP contribution in [-0.2, 0) is 0 Å². The second-order valence-corrected chi connectivity index (χ2v) is 5.77. The van der Waals surface area contributed by atoms with Gasteiger partial charge in [-0.2, -0.15) is 0 Å². The van der Waals surface area contributed by atoms with Crippen LogP contribution in [0.2, 0.25) is 0 Å². The van der Waals surface area contributed by atoms with Gasteiger partial charge in [0.05, 0.1) is 5.39 Å². The number of aryl methyl sites for hydroxylation is 2. The van der Waals surface area contributed by atoms with Gasteiger partial charge in [0.15, 0.2) is 0 Å². The summed E-state index contributed by atoms with van der Waals surface area (Å²) in [6, 6.07) is 0. The summed E-state index contributed by atoms with van der Waals surface area (Å²) in [4.78, 5) is 13.3. The molecule has 3 nitrogen and oxygen atoms in total. The van der Waals surface area contributed by atoms with Crippen LogP contribution in [0.4, 0.5) is 5.82 Å². The zero-order valence-electron chi connectivity index (χ0n) is 9.62. The summed E-state index contributed by atoms with van der Waals surface area (Å²) < 4.78 is 0. The summed E-state index contributed by atoms with van der Waals surface area (Å²) in [5.74, 6) is 1.03. The molecule has 0 aliphatic rings. The molecule has 86 valence electrons. The molecule has 0 N–H and O–H groups in total. The van der Waals surface area contributed by atoms with Crippen molar-refractivity contribution in [2.75, 3.05) is 23.8 Å². The van der Waals surface area contributed by atoms with E-state index in [1.807, 2.05) is 0 Å². The number of nitrogens with zero attached hydrogens (tertiary/aromatic N) is 3. The lowest BCUT2D eigenvalue weighted by molar-refractivity contribution is 0.952. The second kappa shape index (κ2) is 4.67. The van der Waals surface area contributed by atoms with E-state index in [4.69, 9.17) is 0 Å². The molecule has 0 atom stereocenters. The van der Waals surface area contributed by atoms with Gasteiger partial charge in [-0.3, -0.25) is 0 Å². The summed E-state index contributed by atoms with van der Waals surface area (Å²) in [7, 11) is 2.06. The van der Waals surface area contributed by atoms with E-state index in [0.29, 0.717) is 0 Å². The van der Waals surface area contributed by atoms with Crippen LogP contribution in [0, 0.1) is 13.8 Å². The van der Waals surface area contributed by atoms with Crippen LogP contribution in [-0.4, -0.2) is 28.9 Å². The average Bonchev–Trinajstić information content (AvgIpc) is 2.55. The smallest absolute Gasteiger partial charge is 0.140 e. The van der Waals surface area contributed by atoms with E-state index in [1.165, 1.54) is 15.8 Å². The van der Waals surface area contributed by atoms with Crippen molar-refractivity contribution < 1.29 is 0 Å². The molecule has 5 heteroatoms. The quantitative estimate of drug-likeness (QED) is 0.815. The van der Waals surface area contributed by atoms with Crippen LogP contribution >= 0.6 is 27.3 Å². The Labute approximate surface area is 108 Å². The highest BCUT2D eigenvalue weighted by Gasteiger charge is 2.14. The number of thiophene rings is 1. The molecule has 0 aliphatic carbocycles. The number of hydrogen-bond donors (Lipinski definition) is 0. The molecule has 16 heavy (non-hydrogen) atoms. The van der Waals surface area contributed by atoms with Gasteiger partial charge in [0.2, 0.25) is 0 Å². The van der Waals surface area contributed by atoms with Gasteiger partial charge in [-0.15, -0.1) is 11.3 Å². The van der Waals surface area contributed by atoms with Crippen LogP contribution < -0.4 is 4.90 Å². The van der Waals surface area contributed by atoms with E-state index in [0.717, 1.165) is 22.5 Å². The molecule has 0 aliphatic heterocycles. The summed E-state index contributed by atoms with van der Waals surface area (Å²) in [5.41, 5.74) is 1.30. The highest BCUT2D eigenvalue weighted by molar-refractivity contribution is 9.09. The van der Waals surface area contributed by atoms with E-state index in [-0.39, 0.29) is 0 Å². The Morgan fingerprint density at radius 2 is 2.12 bits per heavy atom. The zero-order chi connectivity index (χ0) is 11.7. The molecule has 0 saturated heterocycles. The number of aromatic nitrogens is 2. The lowest BCUT2D eigenvalue weighted by atomic mass is 10.2. The van der Waals surface area contributed by atoms with Crippen molar-refractivity contribution in [2.45, 2.75) is 13.8 Å². The first-order valence-corrected chi connectivity index (χ1v) is 7.06. The summed E-state index contributed by atoms with van der Waals surface area (Å²) in [6.45, 7) is 5.22. The van der Waals surface area contributed by atoms with Crippen LogP contribution in [0.15, 0.2) is 6.33 Å². The maximum Gasteiger partial charge on any atom is 0.140 e. The maximum absolute atomic E-state index is 4.40. The van der Waals surface area contributed by atoms with Crippen molar-refractivity contribution in [1.29, 1.82) is 0 Å². The third-order valence-corrected chi connectivity index (χ3v) is 4.20. The third kappa shape index (κ3) is 1.94. The molecule has 0 spiro atoms. The van der Waals surface area contributed by atoms with Gasteiger partial charge in [-0.05, 0) is 19.4 Å². The Morgan fingerprint density at radius 1 is 1.38 bits per heavy atom. The highest BCUT2D eigenvalue weighted by atomic mass is 79.9. The second-order valence-electron chi connectivity index (χ2n) is 3.77. The number of halogens is 1. The molecular weight excluding hydrogens is 286 g/mol. The minimum atomic E-state index is 0.942. The fourth-order valence-electron chi connectivity index (χ4n) is 1.69. The van der Waals surface area contributed by atoms with Gasteiger partial charge in [-0.25, -0.2) is 9.97 Å². The number of alkyl halides is 1. The van der Waals surface area contributed by atoms with Gasteiger partial charge >= 0.3 is 0 Å². The first-order valence-electron chi connectivity index (χ1n) is 5.13. The summed E-state index contributed by atoms with van der Waals surface area (Å²) in [5, 5.41) is 2.14. The van der Waals surface area contributed by atoms with Crippen LogP contribution in [0.3, 0.4) is 0 Å². The minimum Gasteiger partial charge on any atom is -0.358 e. The molecule has 2 rings (SSSR count). The monoisotopic (exact) mass is 299 g/mol. The van der Waals surface area contributed by atoms with Gasteiger partial charge in [-0.1, -0.05) is 15.9 Å². The molecule has 2 heterocycles. The molecule has 0 saturated carbocycles. The molecule has 2 aromatic heterocycles. The topological polar surface area (TPSA) is 29.0 Å². The van der Waals surface area contributed by atoms with Gasteiger partial charge in [0.25, 0.3) is 0 Å². The summed E-state index contributed by atoms with van der Waals surface area (Å²) >= 11 is 5.19. The van der Waals surface area contributed by atoms with Crippen molar-refractivity contribution in [1.82, 2.24) is 9.97 Å². The van der Waals surface area contributed by atoms with Crippen LogP contribution in [0.1, 0.15) is 10.4 Å². The Bertz CT molecular complexity index is 509. The lowest BCUT2D eigenvalue weighted by Crippen LogP contribution is -2.20. The van der Waals surface area contributed by atoms with Crippen molar-refractivity contribution >= 4 is 43.3 Å². The molecule has 0 unspecified atom stereocenters. The van der Waals surface area contributed by atoms with Crippen molar-refractivity contribution in [2.24, 2.45) is 0 Å². The Hall–Kier alpha value is -0.680. The highest BCUT2D eigenvalue weighted by Crippen LogP contribution is 2.33. The first kappa shape index (κ1) is 11.8. The third-order valence-electron chi connectivity index (χ3n) is 2.73. The summed E-state index contributed by atoms with van der Waals surface area (Å²) in [6.07, 6.45) is 1.65. The van der Waals surface area contributed by atoms with Crippen LogP contribution in [0.25, 0.3) is 10.2 Å². The van der Waals surface area contributed by atoms with Gasteiger partial charge in [0, 0.05) is 23.8 Å². The average molecular weight is 300 g/mol. The van der Waals surface area contributed by atoms with Crippen molar-refractivity contribution in [3.8, 4) is 0 Å². The zero-order valence-corrected chi connectivity index (χ0v) is 12.0. The Morgan fingerprint density at radius 3 is 2.81 bits per heavy atom. The van der Waals surface area contributed by atoms with E-state index >= 15 is 0 Å². The standard InChI is InChI=1S/C11H14BrN3S/c1-7-8(2)16-11-9(7)10(13-6-14-11)15(3)5-4-12/h6H,4-5H2,1-3H3. The largest absolute Gasteiger partial charge is 0.358 e. The van der Waals surface area contributed by atoms with Crippen molar-refractivity contribution in [3.05, 3.63) is 16.8 Å². The van der Waals surface area contributed by atoms with E-state index in [1.54, 1.807) is 17.7 Å². The molecule has 0 radical (unpaired) electrons. The van der Waals surface area contributed by atoms with E-state index < -0.39 is 0 Å². The predicted molar refractivity (Wildman–Crippen MR) is 74.0 cm³/mol. The number of rotatable bonds is 3. The minimum absolute atomic E-state index is 0.942. The lowest BCUT2D eigenvalue weighted by Gasteiger charge is -2.17. The number of hydrogen-bond acceptors (Lipinski definition) is 4. The van der Waals surface area contributed by atoms with Crippen molar-refractivity contribution in [3.63, 3.8) is 0 Å². The van der Waals surface area contributed by atoms with Gasteiger partial charge < -0.3 is 4.90 Å². The number of anilines is 1. The Kier molecular flexibility index (Phi) is 3.44. The van der Waals surface area contributed by atoms with E-state index in [9.17, 15) is 0 Å². The van der Waals surface area contributed by atoms with Gasteiger partial charge in [0.1, 0.15) is 17.0 Å². The predicted octanol–water partition coefficient (Wildman–Crippen LogP) is 3.14. The maximum atomic E-state index is 4.40. The normalized spacial score (nSPS) is 11.0. The SMILES string of the molecule is Cc1sc2ncnc(N(C)CCBr)c2c1C. The molecule has 0 amide bonds.